The normalized spacial score (nSPS) is 14.3. The summed E-state index contributed by atoms with van der Waals surface area (Å²) < 4.78 is 61.4. The number of aliphatic hydroxyl groups is 1. The molecule has 3 aromatic rings. The van der Waals surface area contributed by atoms with Gasteiger partial charge in [-0.15, -0.1) is 0 Å². The van der Waals surface area contributed by atoms with Gasteiger partial charge in [-0.2, -0.15) is 13.2 Å². The van der Waals surface area contributed by atoms with Crippen molar-refractivity contribution in [2.24, 2.45) is 0 Å². The summed E-state index contributed by atoms with van der Waals surface area (Å²) in [5.41, 5.74) is -3.20. The number of hydrogen-bond acceptors (Lipinski definition) is 5. The standard InChI is InChI=1S/C23H25F4N3O2/c1-14-28-11-15-18(9-6-10-19(15)30-14)29-13-22(31,23(25,26)27)12-21(2,3)16-7-5-8-17(24)20(16)32-4/h5-11,29,31H,12-13H2,1-4H3. The first-order valence-corrected chi connectivity index (χ1v) is 9.96. The van der Waals surface area contributed by atoms with Crippen LogP contribution in [0.15, 0.2) is 42.6 Å². The lowest BCUT2D eigenvalue weighted by Gasteiger charge is -2.38. The molecule has 1 unspecified atom stereocenters. The Kier molecular flexibility index (Phi) is 6.33. The van der Waals surface area contributed by atoms with E-state index < -0.39 is 36.0 Å². The molecule has 9 heteroatoms. The fourth-order valence-electron chi connectivity index (χ4n) is 3.88. The van der Waals surface area contributed by atoms with Crippen molar-refractivity contribution in [3.8, 4) is 5.75 Å². The van der Waals surface area contributed by atoms with Crippen LogP contribution in [0.4, 0.5) is 23.2 Å². The van der Waals surface area contributed by atoms with Crippen molar-refractivity contribution in [2.45, 2.75) is 44.4 Å². The van der Waals surface area contributed by atoms with Crippen LogP contribution in [0.2, 0.25) is 0 Å². The smallest absolute Gasteiger partial charge is 0.418 e. The number of rotatable bonds is 7. The fourth-order valence-corrected chi connectivity index (χ4v) is 3.88. The zero-order chi connectivity index (χ0) is 23.7. The quantitative estimate of drug-likeness (QED) is 0.486. The zero-order valence-electron chi connectivity index (χ0n) is 18.2. The number of ether oxygens (including phenoxy) is 1. The van der Waals surface area contributed by atoms with Gasteiger partial charge >= 0.3 is 6.18 Å². The molecule has 0 spiro atoms. The van der Waals surface area contributed by atoms with Gasteiger partial charge in [-0.3, -0.25) is 0 Å². The van der Waals surface area contributed by atoms with Crippen molar-refractivity contribution in [3.63, 3.8) is 0 Å². The van der Waals surface area contributed by atoms with Gasteiger partial charge in [0.25, 0.3) is 0 Å². The van der Waals surface area contributed by atoms with Crippen molar-refractivity contribution < 1.29 is 27.4 Å². The van der Waals surface area contributed by atoms with Crippen LogP contribution in [0.5, 0.6) is 5.75 Å². The number of alkyl halides is 3. The monoisotopic (exact) mass is 451 g/mol. The molecule has 0 bridgehead atoms. The number of nitrogens with one attached hydrogen (secondary N) is 1. The van der Waals surface area contributed by atoms with Crippen molar-refractivity contribution >= 4 is 16.6 Å². The molecule has 2 aromatic carbocycles. The van der Waals surface area contributed by atoms with Crippen LogP contribution in [0.1, 0.15) is 31.7 Å². The molecule has 0 saturated heterocycles. The predicted octanol–water partition coefficient (Wildman–Crippen LogP) is 5.16. The lowest BCUT2D eigenvalue weighted by atomic mass is 9.74. The molecule has 0 saturated carbocycles. The third kappa shape index (κ3) is 4.62. The van der Waals surface area contributed by atoms with Crippen molar-refractivity contribution in [1.82, 2.24) is 9.97 Å². The average Bonchev–Trinajstić information content (AvgIpc) is 2.70. The molecule has 0 radical (unpaired) electrons. The second-order valence-corrected chi connectivity index (χ2v) is 8.42. The minimum atomic E-state index is -4.95. The number of aryl methyl sites for hydroxylation is 1. The highest BCUT2D eigenvalue weighted by molar-refractivity contribution is 5.90. The Morgan fingerprint density at radius 2 is 1.78 bits per heavy atom. The Labute approximate surface area is 183 Å². The number of aromatic nitrogens is 2. The Hall–Kier alpha value is -2.94. The number of anilines is 1. The lowest BCUT2D eigenvalue weighted by molar-refractivity contribution is -0.260. The summed E-state index contributed by atoms with van der Waals surface area (Å²) in [6, 6.07) is 9.04. The average molecular weight is 451 g/mol. The molecule has 1 heterocycles. The van der Waals surface area contributed by atoms with Crippen LogP contribution in [0.25, 0.3) is 10.9 Å². The van der Waals surface area contributed by atoms with Crippen molar-refractivity contribution in [2.75, 3.05) is 19.0 Å². The van der Waals surface area contributed by atoms with Crippen molar-refractivity contribution in [3.05, 3.63) is 59.8 Å². The van der Waals surface area contributed by atoms with Crippen molar-refractivity contribution in [1.29, 1.82) is 0 Å². The van der Waals surface area contributed by atoms with E-state index >= 15 is 0 Å². The van der Waals surface area contributed by atoms with E-state index in [0.717, 1.165) is 0 Å². The van der Waals surface area contributed by atoms with E-state index in [-0.39, 0.29) is 11.3 Å². The van der Waals surface area contributed by atoms with Crippen LogP contribution in [0.3, 0.4) is 0 Å². The van der Waals surface area contributed by atoms with Gasteiger partial charge in [0, 0.05) is 22.8 Å². The molecule has 0 amide bonds. The lowest BCUT2D eigenvalue weighted by Crippen LogP contribution is -2.53. The zero-order valence-corrected chi connectivity index (χ0v) is 18.2. The number of para-hydroxylation sites is 1. The van der Waals surface area contributed by atoms with E-state index in [4.69, 9.17) is 4.74 Å². The van der Waals surface area contributed by atoms with E-state index in [2.05, 4.69) is 15.3 Å². The highest BCUT2D eigenvalue weighted by Gasteiger charge is 2.56. The van der Waals surface area contributed by atoms with Crippen LogP contribution < -0.4 is 10.1 Å². The second-order valence-electron chi connectivity index (χ2n) is 8.42. The van der Waals surface area contributed by atoms with E-state index in [1.54, 1.807) is 25.1 Å². The summed E-state index contributed by atoms with van der Waals surface area (Å²) in [4.78, 5) is 8.37. The molecule has 0 aliphatic rings. The fraction of sp³-hybridized carbons (Fsp3) is 0.391. The second kappa shape index (κ2) is 8.54. The number of halogens is 4. The maximum atomic E-state index is 14.2. The highest BCUT2D eigenvalue weighted by Crippen LogP contribution is 2.44. The highest BCUT2D eigenvalue weighted by atomic mass is 19.4. The molecule has 32 heavy (non-hydrogen) atoms. The summed E-state index contributed by atoms with van der Waals surface area (Å²) in [5, 5.41) is 14.1. The van der Waals surface area contributed by atoms with Crippen LogP contribution >= 0.6 is 0 Å². The molecule has 5 nitrogen and oxygen atoms in total. The van der Waals surface area contributed by atoms with Gasteiger partial charge in [-0.05, 0) is 37.0 Å². The van der Waals surface area contributed by atoms with Gasteiger partial charge in [-0.1, -0.05) is 32.0 Å². The van der Waals surface area contributed by atoms with Gasteiger partial charge in [-0.25, -0.2) is 14.4 Å². The topological polar surface area (TPSA) is 67.3 Å². The molecule has 172 valence electrons. The molecule has 0 aliphatic heterocycles. The molecule has 1 aromatic heterocycles. The van der Waals surface area contributed by atoms with Gasteiger partial charge in [0.05, 0.1) is 19.2 Å². The number of hydrogen-bond donors (Lipinski definition) is 2. The maximum absolute atomic E-state index is 14.2. The predicted molar refractivity (Wildman–Crippen MR) is 114 cm³/mol. The van der Waals surface area contributed by atoms with E-state index in [1.807, 2.05) is 0 Å². The molecular formula is C23H25F4N3O2. The molecule has 0 aliphatic carbocycles. The first kappa shape index (κ1) is 23.7. The van der Waals surface area contributed by atoms with E-state index in [1.165, 1.54) is 45.4 Å². The first-order valence-electron chi connectivity index (χ1n) is 9.96. The third-order valence-electron chi connectivity index (χ3n) is 5.48. The van der Waals surface area contributed by atoms with Gasteiger partial charge in [0.1, 0.15) is 5.82 Å². The number of fused-ring (bicyclic) bond motifs is 1. The molecule has 3 rings (SSSR count). The largest absolute Gasteiger partial charge is 0.493 e. The number of benzene rings is 2. The molecule has 2 N–H and O–H groups in total. The summed E-state index contributed by atoms with van der Waals surface area (Å²) in [7, 11) is 1.25. The van der Waals surface area contributed by atoms with E-state index in [0.29, 0.717) is 22.4 Å². The minimum Gasteiger partial charge on any atom is -0.493 e. The summed E-state index contributed by atoms with van der Waals surface area (Å²) in [5.74, 6) is -0.290. The van der Waals surface area contributed by atoms with E-state index in [9.17, 15) is 22.7 Å². The van der Waals surface area contributed by atoms with Crippen LogP contribution in [-0.4, -0.2) is 40.5 Å². The number of methoxy groups -OCH3 is 1. The SMILES string of the molecule is COc1c(F)cccc1C(C)(C)CC(O)(CNc1cccc2nc(C)ncc12)C(F)(F)F. The van der Waals surface area contributed by atoms with Crippen LogP contribution in [-0.2, 0) is 5.41 Å². The third-order valence-corrected chi connectivity index (χ3v) is 5.48. The number of nitrogens with zero attached hydrogens (tertiary/aromatic N) is 2. The molecule has 0 fully saturated rings. The van der Waals surface area contributed by atoms with Gasteiger partial charge in [0.2, 0.25) is 0 Å². The molecule has 1 atom stereocenters. The summed E-state index contributed by atoms with van der Waals surface area (Å²) in [6.07, 6.45) is -4.15. The maximum Gasteiger partial charge on any atom is 0.418 e. The summed E-state index contributed by atoms with van der Waals surface area (Å²) in [6.45, 7) is 3.92. The Balaban J connectivity index is 1.94. The Bertz CT molecular complexity index is 1120. The molecular weight excluding hydrogens is 426 g/mol. The van der Waals surface area contributed by atoms with Crippen LogP contribution in [0, 0.1) is 12.7 Å². The van der Waals surface area contributed by atoms with Gasteiger partial charge < -0.3 is 15.2 Å². The summed E-state index contributed by atoms with van der Waals surface area (Å²) >= 11 is 0. The Morgan fingerprint density at radius 3 is 2.44 bits per heavy atom. The Morgan fingerprint density at radius 1 is 1.09 bits per heavy atom. The van der Waals surface area contributed by atoms with Gasteiger partial charge in [0.15, 0.2) is 17.2 Å². The first-order chi connectivity index (χ1) is 14.9. The minimum absolute atomic E-state index is 0.142.